The van der Waals surface area contributed by atoms with Crippen LogP contribution in [0.25, 0.3) is 11.7 Å². The molecule has 0 unspecified atom stereocenters. The van der Waals surface area contributed by atoms with Crippen LogP contribution in [0.5, 0.6) is 0 Å². The van der Waals surface area contributed by atoms with E-state index in [-0.39, 0.29) is 17.8 Å². The number of hydrogen-bond donors (Lipinski definition) is 1. The van der Waals surface area contributed by atoms with E-state index in [4.69, 9.17) is 8.83 Å². The van der Waals surface area contributed by atoms with Crippen LogP contribution in [0.3, 0.4) is 0 Å². The minimum Gasteiger partial charge on any atom is -0.459 e. The number of rotatable bonds is 4. The van der Waals surface area contributed by atoms with Crippen molar-refractivity contribution in [1.29, 1.82) is 0 Å². The molecule has 0 saturated carbocycles. The van der Waals surface area contributed by atoms with Gasteiger partial charge in [0.15, 0.2) is 5.76 Å². The largest absolute Gasteiger partial charge is 0.459 e. The van der Waals surface area contributed by atoms with Crippen molar-refractivity contribution in [3.05, 3.63) is 18.4 Å². The SMILES string of the molecule is CN1CC[C@@H]2CCN(CC(=O)Nc3nnc(-c4ccco4)o3)[C@@H]2C1. The first-order valence-electron chi connectivity index (χ1n) is 8.29. The number of piperidine rings is 1. The third-order valence-electron chi connectivity index (χ3n) is 4.93. The molecule has 8 heteroatoms. The Labute approximate surface area is 139 Å². The molecule has 0 aromatic carbocycles. The van der Waals surface area contributed by atoms with Crippen molar-refractivity contribution in [2.24, 2.45) is 5.92 Å². The van der Waals surface area contributed by atoms with Crippen LogP contribution in [0.2, 0.25) is 0 Å². The number of anilines is 1. The highest BCUT2D eigenvalue weighted by molar-refractivity contribution is 5.90. The Balaban J connectivity index is 1.35. The Morgan fingerprint density at radius 2 is 2.25 bits per heavy atom. The predicted octanol–water partition coefficient (Wildman–Crippen LogP) is 1.29. The summed E-state index contributed by atoms with van der Waals surface area (Å²) in [5, 5.41) is 10.4. The lowest BCUT2D eigenvalue weighted by atomic mass is 9.92. The topological polar surface area (TPSA) is 87.6 Å². The lowest BCUT2D eigenvalue weighted by molar-refractivity contribution is -0.117. The van der Waals surface area contributed by atoms with Gasteiger partial charge in [0, 0.05) is 12.6 Å². The second-order valence-electron chi connectivity index (χ2n) is 6.58. The lowest BCUT2D eigenvalue weighted by Gasteiger charge is -2.36. The molecule has 2 fully saturated rings. The summed E-state index contributed by atoms with van der Waals surface area (Å²) >= 11 is 0. The van der Waals surface area contributed by atoms with E-state index in [9.17, 15) is 4.79 Å². The third-order valence-corrected chi connectivity index (χ3v) is 4.93. The van der Waals surface area contributed by atoms with Gasteiger partial charge in [-0.05, 0) is 51.0 Å². The van der Waals surface area contributed by atoms with Gasteiger partial charge in [-0.15, -0.1) is 5.10 Å². The fraction of sp³-hybridized carbons (Fsp3) is 0.562. The van der Waals surface area contributed by atoms with Gasteiger partial charge in [-0.25, -0.2) is 0 Å². The zero-order valence-corrected chi connectivity index (χ0v) is 13.6. The third kappa shape index (κ3) is 3.07. The predicted molar refractivity (Wildman–Crippen MR) is 86.2 cm³/mol. The van der Waals surface area contributed by atoms with Crippen LogP contribution < -0.4 is 5.32 Å². The molecule has 4 heterocycles. The Kier molecular flexibility index (Phi) is 4.07. The summed E-state index contributed by atoms with van der Waals surface area (Å²) in [5.74, 6) is 1.32. The second-order valence-corrected chi connectivity index (χ2v) is 6.58. The first-order chi connectivity index (χ1) is 11.7. The number of carbonyl (C=O) groups is 1. The second kappa shape index (κ2) is 6.37. The van der Waals surface area contributed by atoms with Gasteiger partial charge in [-0.1, -0.05) is 5.10 Å². The molecule has 2 saturated heterocycles. The van der Waals surface area contributed by atoms with Crippen LogP contribution in [0.4, 0.5) is 6.01 Å². The molecular weight excluding hydrogens is 310 g/mol. The van der Waals surface area contributed by atoms with Gasteiger partial charge in [0.05, 0.1) is 12.8 Å². The van der Waals surface area contributed by atoms with Gasteiger partial charge in [0.2, 0.25) is 5.91 Å². The highest BCUT2D eigenvalue weighted by atomic mass is 16.4. The molecule has 0 bridgehead atoms. The molecule has 1 amide bonds. The number of fused-ring (bicyclic) bond motifs is 1. The molecule has 24 heavy (non-hydrogen) atoms. The number of hydrogen-bond acceptors (Lipinski definition) is 7. The van der Waals surface area contributed by atoms with Crippen molar-refractivity contribution in [3.8, 4) is 11.7 Å². The molecule has 1 N–H and O–H groups in total. The first kappa shape index (κ1) is 15.3. The fourth-order valence-electron chi connectivity index (χ4n) is 3.70. The molecule has 2 aliphatic rings. The van der Waals surface area contributed by atoms with E-state index in [1.165, 1.54) is 19.1 Å². The maximum atomic E-state index is 12.3. The molecule has 128 valence electrons. The molecular formula is C16H21N5O3. The molecule has 2 aromatic heterocycles. The van der Waals surface area contributed by atoms with Gasteiger partial charge in [-0.3, -0.25) is 15.0 Å². The van der Waals surface area contributed by atoms with E-state index in [0.717, 1.165) is 19.6 Å². The van der Waals surface area contributed by atoms with Crippen molar-refractivity contribution in [1.82, 2.24) is 20.0 Å². The van der Waals surface area contributed by atoms with Crippen LogP contribution in [0.15, 0.2) is 27.2 Å². The number of amides is 1. The summed E-state index contributed by atoms with van der Waals surface area (Å²) in [6, 6.07) is 4.03. The summed E-state index contributed by atoms with van der Waals surface area (Å²) in [6.07, 6.45) is 3.92. The molecule has 8 nitrogen and oxygen atoms in total. The maximum Gasteiger partial charge on any atom is 0.322 e. The fourth-order valence-corrected chi connectivity index (χ4v) is 3.70. The van der Waals surface area contributed by atoms with E-state index in [2.05, 4.69) is 32.4 Å². The van der Waals surface area contributed by atoms with Crippen LogP contribution in [0.1, 0.15) is 12.8 Å². The molecule has 4 rings (SSSR count). The monoisotopic (exact) mass is 331 g/mol. The number of nitrogens with one attached hydrogen (secondary N) is 1. The Hall–Kier alpha value is -2.19. The van der Waals surface area contributed by atoms with Crippen LogP contribution in [-0.2, 0) is 4.79 Å². The van der Waals surface area contributed by atoms with Crippen LogP contribution >= 0.6 is 0 Å². The van der Waals surface area contributed by atoms with Crippen LogP contribution in [-0.4, -0.2) is 65.2 Å². The van der Waals surface area contributed by atoms with E-state index >= 15 is 0 Å². The number of carbonyl (C=O) groups excluding carboxylic acids is 1. The highest BCUT2D eigenvalue weighted by Gasteiger charge is 2.38. The Bertz CT molecular complexity index is 698. The number of aromatic nitrogens is 2. The normalized spacial score (nSPS) is 24.9. The van der Waals surface area contributed by atoms with Crippen LogP contribution in [0, 0.1) is 5.92 Å². The van der Waals surface area contributed by atoms with Crippen molar-refractivity contribution >= 4 is 11.9 Å². The van der Waals surface area contributed by atoms with Gasteiger partial charge in [-0.2, -0.15) is 0 Å². The highest BCUT2D eigenvalue weighted by Crippen LogP contribution is 2.30. The molecule has 0 spiro atoms. The van der Waals surface area contributed by atoms with E-state index < -0.39 is 0 Å². The minimum atomic E-state index is -0.126. The smallest absolute Gasteiger partial charge is 0.322 e. The Morgan fingerprint density at radius 1 is 1.38 bits per heavy atom. The number of likely N-dealkylation sites (N-methyl/N-ethyl adjacent to an activating group) is 1. The average Bonchev–Trinajstić information content (AvgIpc) is 3.28. The summed E-state index contributed by atoms with van der Waals surface area (Å²) in [5.41, 5.74) is 0. The van der Waals surface area contributed by atoms with Crippen molar-refractivity contribution < 1.29 is 13.6 Å². The molecule has 2 aromatic rings. The molecule has 2 aliphatic heterocycles. The van der Waals surface area contributed by atoms with E-state index in [0.29, 0.717) is 24.3 Å². The summed E-state index contributed by atoms with van der Waals surface area (Å²) in [4.78, 5) is 16.9. The molecule has 0 aliphatic carbocycles. The van der Waals surface area contributed by atoms with Crippen molar-refractivity contribution in [3.63, 3.8) is 0 Å². The summed E-state index contributed by atoms with van der Waals surface area (Å²) < 4.78 is 10.6. The van der Waals surface area contributed by atoms with Gasteiger partial charge in [0.25, 0.3) is 5.89 Å². The van der Waals surface area contributed by atoms with Crippen molar-refractivity contribution in [2.75, 3.05) is 38.5 Å². The van der Waals surface area contributed by atoms with E-state index in [1.54, 1.807) is 12.1 Å². The average molecular weight is 331 g/mol. The number of furan rings is 1. The van der Waals surface area contributed by atoms with Gasteiger partial charge in [0.1, 0.15) is 0 Å². The van der Waals surface area contributed by atoms with Gasteiger partial charge >= 0.3 is 6.01 Å². The zero-order chi connectivity index (χ0) is 16.5. The van der Waals surface area contributed by atoms with Gasteiger partial charge < -0.3 is 13.7 Å². The van der Waals surface area contributed by atoms with E-state index in [1.807, 2.05) is 0 Å². The first-order valence-corrected chi connectivity index (χ1v) is 8.29. The number of likely N-dealkylation sites (tertiary alicyclic amines) is 2. The zero-order valence-electron chi connectivity index (χ0n) is 13.6. The summed E-state index contributed by atoms with van der Waals surface area (Å²) in [7, 11) is 2.14. The standard InChI is InChI=1S/C16H21N5O3/c1-20-6-4-11-5-7-21(12(11)9-20)10-14(22)17-16-19-18-15(24-16)13-3-2-8-23-13/h2-3,8,11-12H,4-7,9-10H2,1H3,(H,17,19,22)/t11-,12-/m1/s1. The minimum absolute atomic E-state index is 0.0999. The Morgan fingerprint density at radius 3 is 3.08 bits per heavy atom. The maximum absolute atomic E-state index is 12.3. The van der Waals surface area contributed by atoms with Crippen molar-refractivity contribution in [2.45, 2.75) is 18.9 Å². The molecule has 0 radical (unpaired) electrons. The molecule has 2 atom stereocenters. The summed E-state index contributed by atoms with van der Waals surface area (Å²) in [6.45, 7) is 3.51. The number of nitrogens with zero attached hydrogens (tertiary/aromatic N) is 4. The lowest BCUT2D eigenvalue weighted by Crippen LogP contribution is -2.48. The quantitative estimate of drug-likeness (QED) is 0.903.